The van der Waals surface area contributed by atoms with E-state index in [-0.39, 0.29) is 174 Å². The van der Waals surface area contributed by atoms with E-state index in [1.165, 1.54) is 0 Å². The van der Waals surface area contributed by atoms with Crippen LogP contribution in [-0.2, 0) is 178 Å². The molecular weight excluding hydrogens is 1470 g/mol. The van der Waals surface area contributed by atoms with Crippen LogP contribution in [0.4, 0.5) is 19.2 Å². The van der Waals surface area contributed by atoms with Gasteiger partial charge in [-0.05, 0) is 34.4 Å². The van der Waals surface area contributed by atoms with Crippen LogP contribution in [0.3, 0.4) is 0 Å². The Morgan fingerprint density at radius 1 is 0.500 bits per heavy atom. The SMILES string of the molecule is COC([NH-])=O.COC([NH-])=O.COC([NH-])=O.COC([NH-])=O.[CH2-]c1c(-c2[c-]nc(P[C-]=O)[nH]2)ccc2cc(C#Cc3cnc(P[C-]=O)[nH]3)ccc12.[CH2-]c1cc2cc(C#Cc3cnc(P[C-]=O)[nH]3)ccc2cc1-c1[c-]nc(P[C-]=O)[nH]1.[V+2].[V+2].[V+2].[V+2].[Y].[Y]. The van der Waals surface area contributed by atoms with E-state index in [0.29, 0.717) is 45.0 Å². The van der Waals surface area contributed by atoms with Gasteiger partial charge in [0.15, 0.2) is 0 Å². The predicted molar refractivity (Wildman–Crippen MR) is 300 cm³/mol. The third-order valence-electron chi connectivity index (χ3n) is 9.03. The van der Waals surface area contributed by atoms with Crippen molar-refractivity contribution in [1.82, 2.24) is 39.9 Å². The van der Waals surface area contributed by atoms with Gasteiger partial charge in [-0.2, -0.15) is 48.2 Å². The Labute approximate surface area is 587 Å². The molecule has 24 nitrogen and oxygen atoms in total. The molecule has 0 fully saturated rings. The van der Waals surface area contributed by atoms with Gasteiger partial charge in [0.25, 0.3) is 0 Å². The molecule has 0 spiro atoms. The average molecular weight is 1510 g/mol. The quantitative estimate of drug-likeness (QED) is 0.0449. The van der Waals surface area contributed by atoms with Crippen molar-refractivity contribution in [1.29, 1.82) is 0 Å². The van der Waals surface area contributed by atoms with Gasteiger partial charge >= 0.3 is 74.2 Å². The Morgan fingerprint density at radius 3 is 1.27 bits per heavy atom. The maximum Gasteiger partial charge on any atom is 2.00 e. The van der Waals surface area contributed by atoms with E-state index >= 15 is 0 Å². The third-order valence-corrected chi connectivity index (χ3v) is 11.4. The molecule has 4 unspecified atom stereocenters. The van der Waals surface area contributed by atoms with Crippen molar-refractivity contribution in [3.05, 3.63) is 156 Å². The third kappa shape index (κ3) is 31.0. The molecule has 0 bridgehead atoms. The summed E-state index contributed by atoms with van der Waals surface area (Å²) in [7, 11) is 4.11. The van der Waals surface area contributed by atoms with Gasteiger partial charge in [-0.1, -0.05) is 76.7 Å². The molecule has 4 aromatic heterocycles. The Hall–Kier alpha value is -4.87. The molecule has 8 N–H and O–H groups in total. The van der Waals surface area contributed by atoms with Gasteiger partial charge in [0.2, 0.25) is 24.4 Å². The van der Waals surface area contributed by atoms with E-state index in [2.05, 4.69) is 109 Å². The zero-order chi connectivity index (χ0) is 57.6. The zero-order valence-corrected chi connectivity index (χ0v) is 59.2. The normalized spacial score (nSPS) is 9.38. The Morgan fingerprint density at radius 2 is 0.869 bits per heavy atom. The second-order valence-corrected chi connectivity index (χ2v) is 17.6. The van der Waals surface area contributed by atoms with Crippen molar-refractivity contribution in [3.8, 4) is 46.2 Å². The number of carbonyl (C=O) groups is 4. The number of benzene rings is 4. The molecular formula is C50H40N12O12P4V4Y2-4. The molecule has 4 heterocycles. The number of hydrogen-bond acceptors (Lipinski definition) is 16. The smallest absolute Gasteiger partial charge is 0.632 e. The van der Waals surface area contributed by atoms with Crippen LogP contribution >= 0.6 is 34.3 Å². The number of fused-ring (bicyclic) bond motifs is 2. The van der Waals surface area contributed by atoms with Crippen molar-refractivity contribution in [2.24, 2.45) is 0 Å². The Kier molecular flexibility index (Phi) is 48.2. The van der Waals surface area contributed by atoms with Crippen LogP contribution < -0.4 is 22.3 Å². The zero-order valence-electron chi connectivity index (χ0n) is 44.0. The molecule has 0 aliphatic heterocycles. The van der Waals surface area contributed by atoms with Crippen LogP contribution in [0.1, 0.15) is 33.6 Å². The summed E-state index contributed by atoms with van der Waals surface area (Å²) in [5.74, 6) is 12.2. The minimum atomic E-state index is -0.995. The number of aromatic amines is 4. The van der Waals surface area contributed by atoms with Crippen LogP contribution in [0.15, 0.2) is 73.1 Å². The fourth-order valence-corrected chi connectivity index (χ4v) is 7.31. The first-order valence-corrected chi connectivity index (χ1v) is 25.0. The van der Waals surface area contributed by atoms with Gasteiger partial charge < -0.3 is 91.0 Å². The number of ether oxygens (including phenoxy) is 4. The monoisotopic (exact) mass is 1510 g/mol. The summed E-state index contributed by atoms with van der Waals surface area (Å²) >= 11 is 0. The first kappa shape index (κ1) is 85.6. The van der Waals surface area contributed by atoms with E-state index < -0.39 is 24.4 Å². The fraction of sp³-hybridized carbons (Fsp3) is 0.0800. The van der Waals surface area contributed by atoms with Crippen LogP contribution in [0.25, 0.3) is 67.0 Å². The number of H-pyrrole nitrogens is 4. The Balaban J connectivity index is -0.000000546. The summed E-state index contributed by atoms with van der Waals surface area (Å²) in [6, 6.07) is 27.1. The number of nitrogens with zero attached hydrogens (tertiary/aromatic N) is 4. The average Bonchev–Trinajstić information content (AvgIpc) is 4.31. The molecule has 0 saturated heterocycles. The van der Waals surface area contributed by atoms with Gasteiger partial charge in [-0.25, -0.2) is 51.2 Å². The van der Waals surface area contributed by atoms with Crippen LogP contribution in [-0.4, -0.2) is 117 Å². The number of aromatic nitrogens is 8. The van der Waals surface area contributed by atoms with Gasteiger partial charge in [-0.3, -0.25) is 19.2 Å². The van der Waals surface area contributed by atoms with E-state index in [1.54, 1.807) is 12.4 Å². The molecule has 0 aliphatic rings. The minimum absolute atomic E-state index is 0. The maximum absolute atomic E-state index is 10.5. The van der Waals surface area contributed by atoms with Gasteiger partial charge in [-0.15, -0.1) is 34.7 Å². The van der Waals surface area contributed by atoms with Crippen molar-refractivity contribution in [2.45, 2.75) is 0 Å². The molecule has 34 heteroatoms. The number of hydrogen-bond donors (Lipinski definition) is 4. The number of rotatable bonds is 10. The van der Waals surface area contributed by atoms with Crippen molar-refractivity contribution in [2.75, 3.05) is 28.4 Å². The van der Waals surface area contributed by atoms with Gasteiger partial charge in [0.05, 0.1) is 52.0 Å². The van der Waals surface area contributed by atoms with Crippen molar-refractivity contribution < 1.29 is 197 Å². The second kappa shape index (κ2) is 47.3. The van der Waals surface area contributed by atoms with Crippen LogP contribution in [0.5, 0.6) is 0 Å². The molecule has 8 rings (SSSR count). The molecule has 4 aromatic carbocycles. The van der Waals surface area contributed by atoms with E-state index in [9.17, 15) is 38.4 Å². The summed E-state index contributed by atoms with van der Waals surface area (Å²) in [6.45, 7) is 8.32. The predicted octanol–water partition coefficient (Wildman–Crippen LogP) is 7.36. The molecule has 4 atom stereocenters. The van der Waals surface area contributed by atoms with Gasteiger partial charge in [0.1, 0.15) is 11.4 Å². The first-order chi connectivity index (χ1) is 37.4. The molecule has 0 saturated carbocycles. The summed E-state index contributed by atoms with van der Waals surface area (Å²) < 4.78 is 15.1. The minimum Gasteiger partial charge on any atom is -0.632 e. The number of nitrogens with one attached hydrogen (secondary N) is 8. The topological polar surface area (TPSA) is 383 Å². The molecule has 0 aliphatic carbocycles. The van der Waals surface area contributed by atoms with E-state index in [4.69, 9.17) is 22.9 Å². The second-order valence-electron chi connectivity index (χ2n) is 13.9. The molecule has 84 heavy (non-hydrogen) atoms. The largest absolute Gasteiger partial charge is 2.00 e. The van der Waals surface area contributed by atoms with Crippen LogP contribution in [0.2, 0.25) is 0 Å². The Bertz CT molecular complexity index is 3360. The number of imidazole rings is 4. The van der Waals surface area contributed by atoms with Crippen LogP contribution in [0, 0.1) is 49.9 Å². The number of carbonyl (C=O) groups excluding carboxylic acids is 8. The first-order valence-electron chi connectivity index (χ1n) is 21.0. The standard InChI is InChI=1S/2C21H12N4O2P2.4C2H5NO2.4V.2Y/c1-13-17-6-3-14(2-5-16-9-22-20(24-16)28-11-26)8-15(17)4-7-18(13)19-10-23-21(25-19)29-12-27;1-13-6-16-7-14(3-5-17-9-22-20(24-17)28-11-26)2-4-15(16)8-18(13)19-10-23-21(25-19)29-12-27;4*1-5-2(3)4;;;;;;/h3-4,6-9,28-29H,1H2,(H,22,24)(H,23,25);2,4,6-9,28-29H,1H2,(H,22,24)(H,23,25);4*1H3,(H2,3,4);;;;;;/q2*-4;;;;;4*+2;;/p-4. The van der Waals surface area contributed by atoms with Crippen molar-refractivity contribution in [3.63, 3.8) is 0 Å². The summed E-state index contributed by atoms with van der Waals surface area (Å²) in [5.41, 5.74) is 33.9. The molecule has 6 radical (unpaired) electrons. The summed E-state index contributed by atoms with van der Waals surface area (Å²) in [4.78, 5) is 107. The molecule has 422 valence electrons. The van der Waals surface area contributed by atoms with E-state index in [0.717, 1.165) is 83.4 Å². The van der Waals surface area contributed by atoms with Gasteiger partial charge in [0, 0.05) is 76.5 Å². The number of methoxy groups -OCH3 is 4. The maximum atomic E-state index is 10.5. The van der Waals surface area contributed by atoms with Crippen molar-refractivity contribution >= 4 is 127 Å². The summed E-state index contributed by atoms with van der Waals surface area (Å²) in [5, 5.41) is 4.04. The fourth-order valence-electron chi connectivity index (χ4n) is 5.68. The number of amides is 4. The molecule has 8 aromatic rings. The van der Waals surface area contributed by atoms with E-state index in [1.807, 2.05) is 84.8 Å². The summed E-state index contributed by atoms with van der Waals surface area (Å²) in [6.07, 6.45) is 5.03. The molecule has 4 amide bonds.